The molecule has 0 saturated heterocycles. The van der Waals surface area contributed by atoms with Gasteiger partial charge in [-0.25, -0.2) is 4.90 Å². The maximum absolute atomic E-state index is 13.4. The molecular formula is C26H21Cl2NO5. The smallest absolute Gasteiger partial charge is 0.310 e. The zero-order valence-electron chi connectivity index (χ0n) is 18.6. The highest BCUT2D eigenvalue weighted by Crippen LogP contribution is 2.40. The van der Waals surface area contributed by atoms with Crippen LogP contribution in [0.5, 0.6) is 5.75 Å². The number of benzene rings is 3. The second-order valence-corrected chi connectivity index (χ2v) is 8.54. The monoisotopic (exact) mass is 497 g/mol. The average Bonchev–Trinajstić information content (AvgIpc) is 3.06. The molecule has 8 heteroatoms. The van der Waals surface area contributed by atoms with Crippen LogP contribution in [0.25, 0.3) is 0 Å². The molecule has 6 nitrogen and oxygen atoms in total. The first kappa shape index (κ1) is 23.8. The Morgan fingerprint density at radius 3 is 2.38 bits per heavy atom. The number of carbonyl (C=O) groups is 3. The van der Waals surface area contributed by atoms with Crippen molar-refractivity contribution in [2.75, 3.05) is 11.5 Å². The molecule has 3 aromatic carbocycles. The average molecular weight is 498 g/mol. The summed E-state index contributed by atoms with van der Waals surface area (Å²) in [4.78, 5) is 39.4. The van der Waals surface area contributed by atoms with E-state index in [1.807, 2.05) is 31.2 Å². The quantitative estimate of drug-likeness (QED) is 0.305. The number of aryl methyl sites for hydroxylation is 1. The van der Waals surface area contributed by atoms with E-state index in [1.54, 1.807) is 19.1 Å². The maximum Gasteiger partial charge on any atom is 0.310 e. The molecule has 0 spiro atoms. The Kier molecular flexibility index (Phi) is 6.91. The predicted octanol–water partition coefficient (Wildman–Crippen LogP) is 5.79. The fourth-order valence-corrected chi connectivity index (χ4v) is 4.31. The van der Waals surface area contributed by atoms with Gasteiger partial charge in [0.15, 0.2) is 0 Å². The topological polar surface area (TPSA) is 72.9 Å². The molecule has 34 heavy (non-hydrogen) atoms. The molecule has 3 aromatic rings. The first-order chi connectivity index (χ1) is 16.3. The van der Waals surface area contributed by atoms with Crippen molar-refractivity contribution >= 4 is 46.7 Å². The fourth-order valence-electron chi connectivity index (χ4n) is 3.78. The molecule has 0 unspecified atom stereocenters. The van der Waals surface area contributed by atoms with Gasteiger partial charge in [0, 0.05) is 0 Å². The van der Waals surface area contributed by atoms with Gasteiger partial charge in [-0.3, -0.25) is 14.4 Å². The van der Waals surface area contributed by atoms with Gasteiger partial charge in [-0.2, -0.15) is 0 Å². The van der Waals surface area contributed by atoms with Crippen molar-refractivity contribution in [2.24, 2.45) is 0 Å². The zero-order valence-corrected chi connectivity index (χ0v) is 20.1. The van der Waals surface area contributed by atoms with Crippen LogP contribution < -0.4 is 9.64 Å². The number of rotatable bonds is 7. The summed E-state index contributed by atoms with van der Waals surface area (Å²) in [6, 6.07) is 15.5. The Bertz CT molecular complexity index is 1300. The van der Waals surface area contributed by atoms with Gasteiger partial charge >= 0.3 is 5.97 Å². The van der Waals surface area contributed by atoms with Gasteiger partial charge in [0.2, 0.25) is 0 Å². The normalized spacial score (nSPS) is 12.6. The molecule has 0 aromatic heterocycles. The van der Waals surface area contributed by atoms with Gasteiger partial charge in [0.1, 0.15) is 12.4 Å². The highest BCUT2D eigenvalue weighted by Gasteiger charge is 2.42. The lowest BCUT2D eigenvalue weighted by molar-refractivity contribution is -0.142. The van der Waals surface area contributed by atoms with Gasteiger partial charge in [-0.05, 0) is 54.8 Å². The Morgan fingerprint density at radius 2 is 1.68 bits per heavy atom. The molecule has 0 aliphatic carbocycles. The standard InChI is InChI=1S/C26H21Cl2NO5/c1-3-33-22(30)13-16-8-10-20(19(28)12-16)29-25(31)23-18(27)9-11-21(24(23)26(29)32)34-14-17-7-5-4-6-15(17)2/h4-12H,3,13-14H2,1-2H3. The molecule has 0 saturated carbocycles. The minimum atomic E-state index is -0.591. The van der Waals surface area contributed by atoms with Crippen LogP contribution in [0.4, 0.5) is 5.69 Å². The highest BCUT2D eigenvalue weighted by molar-refractivity contribution is 6.44. The number of hydrogen-bond donors (Lipinski definition) is 0. The number of halogens is 2. The van der Waals surface area contributed by atoms with Crippen LogP contribution in [0.1, 0.15) is 44.3 Å². The fraction of sp³-hybridized carbons (Fsp3) is 0.192. The number of fused-ring (bicyclic) bond motifs is 1. The summed E-state index contributed by atoms with van der Waals surface area (Å²) in [5.41, 5.74) is 2.97. The van der Waals surface area contributed by atoms with Crippen LogP contribution in [0, 0.1) is 6.92 Å². The van der Waals surface area contributed by atoms with Gasteiger partial charge in [0.25, 0.3) is 11.8 Å². The van der Waals surface area contributed by atoms with Crippen molar-refractivity contribution in [3.05, 3.63) is 92.5 Å². The Labute approximate surface area is 207 Å². The van der Waals surface area contributed by atoms with E-state index < -0.39 is 17.8 Å². The Morgan fingerprint density at radius 1 is 0.941 bits per heavy atom. The molecule has 0 bridgehead atoms. The molecule has 1 aliphatic rings. The van der Waals surface area contributed by atoms with Crippen molar-refractivity contribution in [3.63, 3.8) is 0 Å². The van der Waals surface area contributed by atoms with E-state index in [9.17, 15) is 14.4 Å². The van der Waals surface area contributed by atoms with Gasteiger partial charge in [-0.1, -0.05) is 53.5 Å². The number of hydrogen-bond acceptors (Lipinski definition) is 5. The third-order valence-corrected chi connectivity index (χ3v) is 6.12. The molecule has 4 rings (SSSR count). The SMILES string of the molecule is CCOC(=O)Cc1ccc(N2C(=O)c3c(Cl)ccc(OCc4ccccc4C)c3C2=O)c(Cl)c1. The second kappa shape index (κ2) is 9.87. The van der Waals surface area contributed by atoms with E-state index in [1.165, 1.54) is 18.2 Å². The van der Waals surface area contributed by atoms with Crippen LogP contribution >= 0.6 is 23.2 Å². The summed E-state index contributed by atoms with van der Waals surface area (Å²) < 4.78 is 10.9. The number of esters is 1. The molecule has 1 aliphatic heterocycles. The first-order valence-electron chi connectivity index (χ1n) is 10.6. The molecule has 0 N–H and O–H groups in total. The first-order valence-corrected chi connectivity index (χ1v) is 11.4. The van der Waals surface area contributed by atoms with Gasteiger partial charge < -0.3 is 9.47 Å². The van der Waals surface area contributed by atoms with E-state index in [0.717, 1.165) is 16.0 Å². The van der Waals surface area contributed by atoms with Crippen LogP contribution in [-0.4, -0.2) is 24.4 Å². The van der Waals surface area contributed by atoms with E-state index in [-0.39, 0.29) is 52.2 Å². The molecular weight excluding hydrogens is 477 g/mol. The molecule has 0 fully saturated rings. The minimum Gasteiger partial charge on any atom is -0.488 e. The molecule has 2 amide bonds. The van der Waals surface area contributed by atoms with E-state index >= 15 is 0 Å². The number of carbonyl (C=O) groups excluding carboxylic acids is 3. The van der Waals surface area contributed by atoms with Crippen LogP contribution in [-0.2, 0) is 22.6 Å². The molecule has 0 radical (unpaired) electrons. The predicted molar refractivity (Wildman–Crippen MR) is 130 cm³/mol. The summed E-state index contributed by atoms with van der Waals surface area (Å²) in [6.07, 6.45) is 0.0265. The summed E-state index contributed by atoms with van der Waals surface area (Å²) in [6.45, 7) is 4.19. The Hall–Kier alpha value is -3.35. The van der Waals surface area contributed by atoms with Crippen LogP contribution in [0.15, 0.2) is 54.6 Å². The summed E-state index contributed by atoms with van der Waals surface area (Å²) in [5.74, 6) is -1.30. The third-order valence-electron chi connectivity index (χ3n) is 5.50. The highest BCUT2D eigenvalue weighted by atomic mass is 35.5. The lowest BCUT2D eigenvalue weighted by Gasteiger charge is -2.16. The summed E-state index contributed by atoms with van der Waals surface area (Å²) >= 11 is 12.7. The lowest BCUT2D eigenvalue weighted by Crippen LogP contribution is -2.29. The molecule has 1 heterocycles. The van der Waals surface area contributed by atoms with Gasteiger partial charge in [0.05, 0.1) is 39.9 Å². The zero-order chi connectivity index (χ0) is 24.4. The number of amides is 2. The second-order valence-electron chi connectivity index (χ2n) is 7.72. The largest absolute Gasteiger partial charge is 0.488 e. The van der Waals surface area contributed by atoms with Crippen molar-refractivity contribution in [1.29, 1.82) is 0 Å². The minimum absolute atomic E-state index is 0.0265. The third kappa shape index (κ3) is 4.52. The van der Waals surface area contributed by atoms with E-state index in [2.05, 4.69) is 0 Å². The van der Waals surface area contributed by atoms with Crippen molar-refractivity contribution in [2.45, 2.75) is 26.9 Å². The van der Waals surface area contributed by atoms with Crippen molar-refractivity contribution in [1.82, 2.24) is 0 Å². The van der Waals surface area contributed by atoms with Crippen molar-refractivity contribution < 1.29 is 23.9 Å². The van der Waals surface area contributed by atoms with E-state index in [0.29, 0.717) is 5.56 Å². The van der Waals surface area contributed by atoms with Crippen molar-refractivity contribution in [3.8, 4) is 5.75 Å². The number of ether oxygens (including phenoxy) is 2. The van der Waals surface area contributed by atoms with Gasteiger partial charge in [-0.15, -0.1) is 0 Å². The number of anilines is 1. The van der Waals surface area contributed by atoms with Crippen LogP contribution in [0.3, 0.4) is 0 Å². The summed E-state index contributed by atoms with van der Waals surface area (Å²) in [5, 5.41) is 0.295. The summed E-state index contributed by atoms with van der Waals surface area (Å²) in [7, 11) is 0. The lowest BCUT2D eigenvalue weighted by atomic mass is 10.1. The Balaban J connectivity index is 1.64. The number of nitrogens with zero attached hydrogens (tertiary/aromatic N) is 1. The maximum atomic E-state index is 13.4. The van der Waals surface area contributed by atoms with Crippen LogP contribution in [0.2, 0.25) is 10.0 Å². The molecule has 174 valence electrons. The number of imide groups is 1. The molecule has 0 atom stereocenters. The van der Waals surface area contributed by atoms with E-state index in [4.69, 9.17) is 32.7 Å².